The fraction of sp³-hybridized carbons (Fsp3) is 0.879. The lowest BCUT2D eigenvalue weighted by Crippen LogP contribution is -2.64. The molecule has 8 amide bonds. The summed E-state index contributed by atoms with van der Waals surface area (Å²) in [4.78, 5) is 104. The van der Waals surface area contributed by atoms with E-state index in [2.05, 4.69) is 42.5 Å². The molecule has 18 atom stereocenters. The van der Waals surface area contributed by atoms with Gasteiger partial charge in [0, 0.05) is 34.0 Å². The van der Waals surface area contributed by atoms with Crippen LogP contribution in [-0.2, 0) is 109 Å². The summed E-state index contributed by atoms with van der Waals surface area (Å²) in [5.74, 6) is -4.42. The topological polar surface area (TPSA) is 579 Å². The average Bonchev–Trinajstić information content (AvgIpc) is 1.19. The molecule has 3 aliphatic heterocycles. The van der Waals surface area contributed by atoms with E-state index in [0.29, 0.717) is 38.5 Å². The summed E-state index contributed by atoms with van der Waals surface area (Å²) in [7, 11) is 1.46. The lowest BCUT2D eigenvalue weighted by molar-refractivity contribution is -0.272. The number of carbonyl (C=O) groups excluding carboxylic acids is 8. The molecule has 4 aliphatic rings. The van der Waals surface area contributed by atoms with Crippen molar-refractivity contribution in [2.24, 2.45) is 11.7 Å². The standard InChI is InChI=1S/C66H119N9O32/c1-40(79)71-53-59(88)56(85)46(35-77)106-65(53)103-32-29-97-20-17-94-23-26-100-38-49(82)70-15-9-7-13-44(62(91)75-52(63(92)68-3)42-10-4-5-11-42)74-61(90)43(73-50(83)39-101-27-24-95-18-21-98-30-33-104-66-54(72-41(2)80)60(89)57(86)47(36-78)107-66)12-6-8-14-69-48(81)37-99-25-22-93-16-19-96-28-31-102-64-51(67)58(87)55(84)45(34-76)105-64/h42-47,51-60,64-66,76-78,84-89H,4-39,67H2,1-3H3,(H,68,92)(H,69,81)(H,70,82)(H,71,79)(H,72,80)(H,73,83)(H,74,90)(H,75,91)/t43?,44?,45-,46-,47-,51-,52?,53-,54-,55+,56+,57+,58-,59-,60-,64-,65-,66-/m1/s1. The monoisotopic (exact) mass is 1550 g/mol. The van der Waals surface area contributed by atoms with Crippen molar-refractivity contribution < 1.29 is 155 Å². The Labute approximate surface area is 621 Å². The molecule has 620 valence electrons. The van der Waals surface area contributed by atoms with Gasteiger partial charge in [-0.15, -0.1) is 0 Å². The quantitative estimate of drug-likeness (QED) is 0.0252. The van der Waals surface area contributed by atoms with E-state index in [1.54, 1.807) is 0 Å². The first-order chi connectivity index (χ1) is 51.5. The van der Waals surface area contributed by atoms with Crippen LogP contribution in [0.15, 0.2) is 0 Å². The number of nitrogens with one attached hydrogen (secondary N) is 8. The number of amides is 8. The number of nitrogens with two attached hydrogens (primary N) is 1. The Morgan fingerprint density at radius 1 is 0.411 bits per heavy atom. The van der Waals surface area contributed by atoms with Gasteiger partial charge in [0.05, 0.1) is 145 Å². The number of aliphatic hydroxyl groups excluding tert-OH is 9. The summed E-state index contributed by atoms with van der Waals surface area (Å²) < 4.78 is 82.7. The molecule has 41 heteroatoms. The van der Waals surface area contributed by atoms with E-state index >= 15 is 0 Å². The second-order valence-corrected chi connectivity index (χ2v) is 25.6. The highest BCUT2D eigenvalue weighted by atomic mass is 16.7. The molecule has 0 aromatic carbocycles. The number of rotatable bonds is 58. The highest BCUT2D eigenvalue weighted by Crippen LogP contribution is 2.29. The van der Waals surface area contributed by atoms with Gasteiger partial charge in [0.2, 0.25) is 47.3 Å². The molecule has 0 aromatic rings. The third kappa shape index (κ3) is 36.6. The van der Waals surface area contributed by atoms with E-state index in [1.165, 1.54) is 20.9 Å². The molecule has 4 fully saturated rings. The molecule has 41 nitrogen and oxygen atoms in total. The number of unbranched alkanes of at least 4 members (excludes halogenated alkanes) is 2. The first-order valence-corrected chi connectivity index (χ1v) is 36.4. The summed E-state index contributed by atoms with van der Waals surface area (Å²) in [6.07, 6.45) is -10.7. The minimum atomic E-state index is -1.47. The van der Waals surface area contributed by atoms with Gasteiger partial charge >= 0.3 is 0 Å². The Morgan fingerprint density at radius 2 is 0.748 bits per heavy atom. The van der Waals surface area contributed by atoms with Gasteiger partial charge < -0.3 is 165 Å². The first kappa shape index (κ1) is 94.1. The maximum absolute atomic E-state index is 14.4. The normalized spacial score (nSPS) is 26.1. The van der Waals surface area contributed by atoms with Crippen molar-refractivity contribution in [3.05, 3.63) is 0 Å². The zero-order valence-electron chi connectivity index (χ0n) is 61.4. The van der Waals surface area contributed by atoms with Gasteiger partial charge in [0.25, 0.3) is 0 Å². The minimum absolute atomic E-state index is 0.0178. The molecule has 3 heterocycles. The number of carbonyl (C=O) groups is 8. The van der Waals surface area contributed by atoms with Crippen LogP contribution in [0.3, 0.4) is 0 Å². The lowest BCUT2D eigenvalue weighted by Gasteiger charge is -2.42. The van der Waals surface area contributed by atoms with E-state index in [0.717, 1.165) is 12.8 Å². The second kappa shape index (κ2) is 55.2. The van der Waals surface area contributed by atoms with Crippen LogP contribution in [-0.4, -0.2) is 382 Å². The average molecular weight is 1550 g/mol. The third-order valence-electron chi connectivity index (χ3n) is 17.4. The van der Waals surface area contributed by atoms with Crippen LogP contribution >= 0.6 is 0 Å². The molecule has 4 rings (SSSR count). The van der Waals surface area contributed by atoms with Crippen LogP contribution < -0.4 is 48.3 Å². The summed E-state index contributed by atoms with van der Waals surface area (Å²) in [5.41, 5.74) is 5.87. The highest BCUT2D eigenvalue weighted by Gasteiger charge is 2.47. The van der Waals surface area contributed by atoms with E-state index < -0.39 is 184 Å². The zero-order valence-corrected chi connectivity index (χ0v) is 61.4. The van der Waals surface area contributed by atoms with Gasteiger partial charge in [-0.3, -0.25) is 38.4 Å². The van der Waals surface area contributed by atoms with Gasteiger partial charge in [-0.1, -0.05) is 12.8 Å². The molecular weight excluding hydrogens is 1430 g/mol. The maximum Gasteiger partial charge on any atom is 0.246 e. The predicted octanol–water partition coefficient (Wildman–Crippen LogP) is -9.20. The lowest BCUT2D eigenvalue weighted by atomic mass is 9.96. The number of ether oxygens (including phenoxy) is 15. The molecule has 0 bridgehead atoms. The Balaban J connectivity index is 1.22. The summed E-state index contributed by atoms with van der Waals surface area (Å²) in [5, 5.41) is 111. The van der Waals surface area contributed by atoms with E-state index in [-0.39, 0.29) is 164 Å². The summed E-state index contributed by atoms with van der Waals surface area (Å²) >= 11 is 0. The molecule has 107 heavy (non-hydrogen) atoms. The van der Waals surface area contributed by atoms with E-state index in [1.807, 2.05) is 0 Å². The van der Waals surface area contributed by atoms with Crippen molar-refractivity contribution in [2.75, 3.05) is 179 Å². The van der Waals surface area contributed by atoms with Crippen LogP contribution in [0.4, 0.5) is 0 Å². The van der Waals surface area contributed by atoms with Crippen LogP contribution in [0.5, 0.6) is 0 Å². The summed E-state index contributed by atoms with van der Waals surface area (Å²) in [6, 6.07) is -6.55. The predicted molar refractivity (Wildman–Crippen MR) is 367 cm³/mol. The smallest absolute Gasteiger partial charge is 0.246 e. The molecule has 0 spiro atoms. The van der Waals surface area contributed by atoms with E-state index in [9.17, 15) is 84.3 Å². The molecule has 1 aliphatic carbocycles. The van der Waals surface area contributed by atoms with Gasteiger partial charge in [-0.2, -0.15) is 0 Å². The number of likely N-dealkylation sites (N-methyl/N-ethyl adjacent to an activating group) is 1. The Kier molecular flexibility index (Phi) is 48.6. The van der Waals surface area contributed by atoms with Crippen molar-refractivity contribution in [1.29, 1.82) is 0 Å². The molecule has 3 saturated heterocycles. The first-order valence-electron chi connectivity index (χ1n) is 36.4. The van der Waals surface area contributed by atoms with Crippen molar-refractivity contribution in [1.82, 2.24) is 42.5 Å². The minimum Gasteiger partial charge on any atom is -0.394 e. The van der Waals surface area contributed by atoms with Gasteiger partial charge in [-0.25, -0.2) is 0 Å². The van der Waals surface area contributed by atoms with E-state index in [4.69, 9.17) is 76.8 Å². The van der Waals surface area contributed by atoms with Gasteiger partial charge in [0.15, 0.2) is 18.9 Å². The largest absolute Gasteiger partial charge is 0.394 e. The Bertz CT molecular complexity index is 2510. The highest BCUT2D eigenvalue weighted by molar-refractivity contribution is 5.94. The molecule has 19 N–H and O–H groups in total. The molecule has 1 saturated carbocycles. The van der Waals surface area contributed by atoms with Crippen molar-refractivity contribution in [2.45, 2.75) is 188 Å². The fourth-order valence-electron chi connectivity index (χ4n) is 11.6. The van der Waals surface area contributed by atoms with Crippen LogP contribution in [0, 0.1) is 5.92 Å². The number of hydrogen-bond acceptors (Lipinski definition) is 33. The van der Waals surface area contributed by atoms with Crippen molar-refractivity contribution in [3.8, 4) is 0 Å². The van der Waals surface area contributed by atoms with Crippen LogP contribution in [0.25, 0.3) is 0 Å². The molecule has 0 radical (unpaired) electrons. The number of hydrogen-bond donors (Lipinski definition) is 18. The van der Waals surface area contributed by atoms with Crippen molar-refractivity contribution in [3.63, 3.8) is 0 Å². The second-order valence-electron chi connectivity index (χ2n) is 25.6. The van der Waals surface area contributed by atoms with Gasteiger partial charge in [0.1, 0.15) is 105 Å². The molecular formula is C66H119N9O32. The van der Waals surface area contributed by atoms with Crippen molar-refractivity contribution >= 4 is 47.3 Å². The fourth-order valence-corrected chi connectivity index (χ4v) is 11.6. The Morgan fingerprint density at radius 3 is 1.13 bits per heavy atom. The Hall–Kier alpha value is -5.24. The maximum atomic E-state index is 14.4. The van der Waals surface area contributed by atoms with Crippen LogP contribution in [0.2, 0.25) is 0 Å². The number of aliphatic hydroxyl groups is 9. The third-order valence-corrected chi connectivity index (χ3v) is 17.4. The SMILES string of the molecule is CNC(=O)C(NC(=O)C(CCCCNC(=O)COCCOCCOCCO[C@@H]1O[C@H](CO)[C@H](O)[C@H](O)[C@H]1NC(C)=O)NC(=O)C(CCCCNC(=O)COCCOCCOCCO[C@@H]1O[C@H](CO)[C@H](O)[C@H](O)[C@H]1N)NC(=O)COCCOCCOCCO[C@@H]1O[C@H](CO)[C@H](O)[C@H](O)[C@H]1NC(C)=O)C1CCCC1. The summed E-state index contributed by atoms with van der Waals surface area (Å²) in [6.45, 7) is 1.61. The van der Waals surface area contributed by atoms with Crippen LogP contribution in [0.1, 0.15) is 78.1 Å². The zero-order chi connectivity index (χ0) is 78.3. The van der Waals surface area contributed by atoms with Gasteiger partial charge in [-0.05, 0) is 57.3 Å². The molecule has 3 unspecified atom stereocenters. The molecule has 0 aromatic heterocycles.